The van der Waals surface area contributed by atoms with Crippen LogP contribution in [0.4, 0.5) is 5.69 Å². The van der Waals surface area contributed by atoms with Crippen LogP contribution in [0.1, 0.15) is 61.8 Å². The van der Waals surface area contributed by atoms with Gasteiger partial charge < -0.3 is 4.90 Å². The van der Waals surface area contributed by atoms with E-state index in [0.717, 1.165) is 37.1 Å². The quantitative estimate of drug-likeness (QED) is 0.623. The van der Waals surface area contributed by atoms with Crippen molar-refractivity contribution in [2.75, 3.05) is 18.0 Å². The fourth-order valence-electron chi connectivity index (χ4n) is 4.60. The lowest BCUT2D eigenvalue weighted by Crippen LogP contribution is -2.39. The summed E-state index contributed by atoms with van der Waals surface area (Å²) in [5, 5.41) is 0. The van der Waals surface area contributed by atoms with Gasteiger partial charge in [0, 0.05) is 13.1 Å². The van der Waals surface area contributed by atoms with Crippen LogP contribution < -0.4 is 4.90 Å². The van der Waals surface area contributed by atoms with Crippen molar-refractivity contribution in [3.63, 3.8) is 0 Å². The molecule has 0 bridgehead atoms. The van der Waals surface area contributed by atoms with E-state index in [4.69, 9.17) is 0 Å². The van der Waals surface area contributed by atoms with E-state index in [1.165, 1.54) is 16.0 Å². The number of piperidine rings is 1. The van der Waals surface area contributed by atoms with Crippen LogP contribution in [0.2, 0.25) is 0 Å². The SMILES string of the molecule is Cc1ccc(C2=C(N3CCCC(C)C3)C(=O)N(c3ccc(C(C)C)cc3)C2=O)cc1C. The Hall–Kier alpha value is -2.88. The van der Waals surface area contributed by atoms with Gasteiger partial charge in [-0.15, -0.1) is 0 Å². The Bertz CT molecular complexity index is 1050. The Morgan fingerprint density at radius 1 is 0.935 bits per heavy atom. The minimum Gasteiger partial charge on any atom is -0.366 e. The molecule has 162 valence electrons. The molecule has 0 radical (unpaired) electrons. The van der Waals surface area contributed by atoms with E-state index in [9.17, 15) is 9.59 Å². The number of amides is 2. The highest BCUT2D eigenvalue weighted by Crippen LogP contribution is 2.37. The molecule has 0 aromatic heterocycles. The second kappa shape index (κ2) is 8.33. The summed E-state index contributed by atoms with van der Waals surface area (Å²) in [6.45, 7) is 12.2. The van der Waals surface area contributed by atoms with Crippen molar-refractivity contribution in [1.82, 2.24) is 4.90 Å². The molecule has 2 aromatic carbocycles. The average molecular weight is 417 g/mol. The lowest BCUT2D eigenvalue weighted by molar-refractivity contribution is -0.120. The fourth-order valence-corrected chi connectivity index (χ4v) is 4.60. The third-order valence-corrected chi connectivity index (χ3v) is 6.65. The van der Waals surface area contributed by atoms with Crippen LogP contribution in [-0.2, 0) is 9.59 Å². The molecule has 2 aliphatic heterocycles. The van der Waals surface area contributed by atoms with Crippen LogP contribution in [0.25, 0.3) is 5.57 Å². The topological polar surface area (TPSA) is 40.6 Å². The van der Waals surface area contributed by atoms with Crippen LogP contribution >= 0.6 is 0 Å². The van der Waals surface area contributed by atoms with Gasteiger partial charge in [0.1, 0.15) is 5.70 Å². The number of carbonyl (C=O) groups excluding carboxylic acids is 2. The minimum absolute atomic E-state index is 0.204. The molecule has 0 aliphatic carbocycles. The first kappa shape index (κ1) is 21.4. The van der Waals surface area contributed by atoms with E-state index in [-0.39, 0.29) is 11.8 Å². The maximum absolute atomic E-state index is 13.7. The molecule has 2 amide bonds. The molecule has 1 fully saturated rings. The van der Waals surface area contributed by atoms with Gasteiger partial charge in [-0.3, -0.25) is 9.59 Å². The Morgan fingerprint density at radius 3 is 2.26 bits per heavy atom. The van der Waals surface area contributed by atoms with Crippen LogP contribution in [0.5, 0.6) is 0 Å². The van der Waals surface area contributed by atoms with Gasteiger partial charge >= 0.3 is 0 Å². The van der Waals surface area contributed by atoms with Crippen molar-refractivity contribution in [2.45, 2.75) is 53.4 Å². The van der Waals surface area contributed by atoms with Gasteiger partial charge in [0.15, 0.2) is 0 Å². The first-order chi connectivity index (χ1) is 14.8. The number of nitrogens with zero attached hydrogens (tertiary/aromatic N) is 2. The molecule has 2 aromatic rings. The number of benzene rings is 2. The van der Waals surface area contributed by atoms with Gasteiger partial charge in [-0.2, -0.15) is 0 Å². The number of aryl methyl sites for hydroxylation is 2. The Balaban J connectivity index is 1.80. The van der Waals surface area contributed by atoms with Crippen molar-refractivity contribution in [3.05, 3.63) is 70.4 Å². The molecule has 1 unspecified atom stereocenters. The van der Waals surface area contributed by atoms with Crippen molar-refractivity contribution in [3.8, 4) is 0 Å². The molecule has 4 nitrogen and oxygen atoms in total. The first-order valence-electron chi connectivity index (χ1n) is 11.3. The van der Waals surface area contributed by atoms with Gasteiger partial charge in [-0.05, 0) is 72.9 Å². The number of anilines is 1. The maximum Gasteiger partial charge on any atom is 0.282 e. The van der Waals surface area contributed by atoms with Crippen LogP contribution in [0.15, 0.2) is 48.2 Å². The van der Waals surface area contributed by atoms with Crippen molar-refractivity contribution in [2.24, 2.45) is 5.92 Å². The average Bonchev–Trinajstić information content (AvgIpc) is 3.00. The molecule has 2 heterocycles. The highest BCUT2D eigenvalue weighted by Gasteiger charge is 2.43. The standard InChI is InChI=1S/C27H32N2O2/c1-17(2)21-10-12-23(13-11-21)29-26(30)24(22-9-8-19(4)20(5)15-22)25(27(29)31)28-14-6-7-18(3)16-28/h8-13,15,17-18H,6-7,14,16H2,1-5H3. The molecule has 1 atom stereocenters. The van der Waals surface area contributed by atoms with Crippen LogP contribution in [0.3, 0.4) is 0 Å². The Labute approximate surface area is 185 Å². The Kier molecular flexibility index (Phi) is 5.74. The smallest absolute Gasteiger partial charge is 0.282 e. The summed E-state index contributed by atoms with van der Waals surface area (Å²) in [7, 11) is 0. The largest absolute Gasteiger partial charge is 0.366 e. The highest BCUT2D eigenvalue weighted by molar-refractivity contribution is 6.45. The molecule has 2 aliphatic rings. The molecule has 4 heteroatoms. The summed E-state index contributed by atoms with van der Waals surface area (Å²) in [6.07, 6.45) is 2.20. The number of likely N-dealkylation sites (tertiary alicyclic amines) is 1. The summed E-state index contributed by atoms with van der Waals surface area (Å²) >= 11 is 0. The Morgan fingerprint density at radius 2 is 1.65 bits per heavy atom. The molecule has 31 heavy (non-hydrogen) atoms. The van der Waals surface area contributed by atoms with Crippen molar-refractivity contribution < 1.29 is 9.59 Å². The fraction of sp³-hybridized carbons (Fsp3) is 0.407. The lowest BCUT2D eigenvalue weighted by Gasteiger charge is -2.33. The number of imide groups is 1. The predicted molar refractivity (Wildman–Crippen MR) is 126 cm³/mol. The van der Waals surface area contributed by atoms with E-state index in [0.29, 0.717) is 28.8 Å². The summed E-state index contributed by atoms with van der Waals surface area (Å²) < 4.78 is 0. The van der Waals surface area contributed by atoms with Gasteiger partial charge in [0.2, 0.25) is 0 Å². The summed E-state index contributed by atoms with van der Waals surface area (Å²) in [5.41, 5.74) is 6.06. The van der Waals surface area contributed by atoms with Gasteiger partial charge in [0.25, 0.3) is 11.8 Å². The molecular formula is C27H32N2O2. The van der Waals surface area contributed by atoms with E-state index < -0.39 is 0 Å². The summed E-state index contributed by atoms with van der Waals surface area (Å²) in [4.78, 5) is 30.9. The highest BCUT2D eigenvalue weighted by atomic mass is 16.2. The predicted octanol–water partition coefficient (Wildman–Crippen LogP) is 5.44. The van der Waals surface area contributed by atoms with Crippen molar-refractivity contribution >= 4 is 23.1 Å². The summed E-state index contributed by atoms with van der Waals surface area (Å²) in [6, 6.07) is 13.9. The molecule has 1 saturated heterocycles. The normalized spacial score (nSPS) is 19.7. The molecule has 0 N–H and O–H groups in total. The maximum atomic E-state index is 13.7. The minimum atomic E-state index is -0.223. The van der Waals surface area contributed by atoms with Gasteiger partial charge in [-0.1, -0.05) is 51.1 Å². The first-order valence-corrected chi connectivity index (χ1v) is 11.3. The van der Waals surface area contributed by atoms with E-state index >= 15 is 0 Å². The number of hydrogen-bond donors (Lipinski definition) is 0. The monoisotopic (exact) mass is 416 g/mol. The summed E-state index contributed by atoms with van der Waals surface area (Å²) in [5.74, 6) is 0.474. The zero-order chi connectivity index (χ0) is 22.3. The number of rotatable bonds is 4. The number of hydrogen-bond acceptors (Lipinski definition) is 3. The third kappa shape index (κ3) is 3.91. The third-order valence-electron chi connectivity index (χ3n) is 6.65. The molecular weight excluding hydrogens is 384 g/mol. The van der Waals surface area contributed by atoms with Crippen LogP contribution in [-0.4, -0.2) is 29.8 Å². The second-order valence-electron chi connectivity index (χ2n) is 9.41. The van der Waals surface area contributed by atoms with E-state index in [2.05, 4.69) is 32.6 Å². The number of carbonyl (C=O) groups is 2. The van der Waals surface area contributed by atoms with E-state index in [1.54, 1.807) is 0 Å². The van der Waals surface area contributed by atoms with Crippen molar-refractivity contribution in [1.29, 1.82) is 0 Å². The molecule has 0 spiro atoms. The zero-order valence-electron chi connectivity index (χ0n) is 19.2. The van der Waals surface area contributed by atoms with E-state index in [1.807, 2.05) is 49.4 Å². The van der Waals surface area contributed by atoms with Crippen LogP contribution in [0, 0.1) is 19.8 Å². The van der Waals surface area contributed by atoms with Gasteiger partial charge in [0.05, 0.1) is 11.3 Å². The molecule has 4 rings (SSSR count). The zero-order valence-corrected chi connectivity index (χ0v) is 19.2. The second-order valence-corrected chi connectivity index (χ2v) is 9.41. The van der Waals surface area contributed by atoms with Gasteiger partial charge in [-0.25, -0.2) is 4.90 Å². The lowest BCUT2D eigenvalue weighted by atomic mass is 9.96. The molecule has 0 saturated carbocycles.